The van der Waals surface area contributed by atoms with Crippen molar-refractivity contribution in [3.05, 3.63) is 59.6 Å². The van der Waals surface area contributed by atoms with Gasteiger partial charge in [0.15, 0.2) is 0 Å². The maximum atomic E-state index is 13.1. The van der Waals surface area contributed by atoms with E-state index in [1.54, 1.807) is 23.7 Å². The molecule has 31 heavy (non-hydrogen) atoms. The summed E-state index contributed by atoms with van der Waals surface area (Å²) in [6.45, 7) is 1.39. The lowest BCUT2D eigenvalue weighted by Crippen LogP contribution is -2.36. The zero-order valence-corrected chi connectivity index (χ0v) is 18.1. The number of hydrogen-bond acceptors (Lipinski definition) is 3. The molecule has 0 radical (unpaired) electrons. The van der Waals surface area contributed by atoms with Crippen LogP contribution in [-0.2, 0) is 11.8 Å². The molecular formula is C24H27N5O2. The van der Waals surface area contributed by atoms with Crippen LogP contribution in [0.5, 0.6) is 0 Å². The third-order valence-electron chi connectivity index (χ3n) is 6.31. The van der Waals surface area contributed by atoms with Gasteiger partial charge in [-0.15, -0.1) is 0 Å². The van der Waals surface area contributed by atoms with Gasteiger partial charge in [0.1, 0.15) is 5.69 Å². The maximum Gasteiger partial charge on any atom is 0.269 e. The van der Waals surface area contributed by atoms with Gasteiger partial charge in [0, 0.05) is 63.2 Å². The number of rotatable bonds is 4. The van der Waals surface area contributed by atoms with E-state index in [-0.39, 0.29) is 23.7 Å². The summed E-state index contributed by atoms with van der Waals surface area (Å²) >= 11 is 0. The average molecular weight is 418 g/mol. The van der Waals surface area contributed by atoms with Crippen molar-refractivity contribution >= 4 is 28.3 Å². The van der Waals surface area contributed by atoms with Crippen molar-refractivity contribution in [1.29, 1.82) is 0 Å². The average Bonchev–Trinajstić information content (AvgIpc) is 3.26. The summed E-state index contributed by atoms with van der Waals surface area (Å²) in [5.41, 5.74) is 4.79. The number of fused-ring (bicyclic) bond motifs is 1. The van der Waals surface area contributed by atoms with Crippen molar-refractivity contribution in [2.45, 2.75) is 18.8 Å². The molecule has 5 rings (SSSR count). The van der Waals surface area contributed by atoms with E-state index in [1.165, 1.54) is 0 Å². The normalized spacial score (nSPS) is 20.6. The Morgan fingerprint density at radius 1 is 1.19 bits per heavy atom. The first-order valence-corrected chi connectivity index (χ1v) is 10.7. The minimum Gasteiger partial charge on any atom is -0.351 e. The maximum absolute atomic E-state index is 13.1. The van der Waals surface area contributed by atoms with Crippen LogP contribution >= 0.6 is 0 Å². The van der Waals surface area contributed by atoms with E-state index in [2.05, 4.69) is 28.3 Å². The van der Waals surface area contributed by atoms with Crippen molar-refractivity contribution in [2.24, 2.45) is 13.0 Å². The summed E-state index contributed by atoms with van der Waals surface area (Å²) in [6.07, 6.45) is 5.91. The Labute approximate surface area is 181 Å². The van der Waals surface area contributed by atoms with Crippen LogP contribution in [0.4, 0.5) is 0 Å². The Morgan fingerprint density at radius 2 is 2.03 bits per heavy atom. The molecule has 2 atom stereocenters. The number of benzene rings is 1. The highest BCUT2D eigenvalue weighted by atomic mass is 16.2. The summed E-state index contributed by atoms with van der Waals surface area (Å²) in [4.78, 5) is 32.1. The number of nitrogens with zero attached hydrogens (tertiary/aromatic N) is 4. The van der Waals surface area contributed by atoms with Crippen LogP contribution < -0.4 is 0 Å². The lowest BCUT2D eigenvalue weighted by atomic mass is 9.99. The Balaban J connectivity index is 1.31. The van der Waals surface area contributed by atoms with Crippen molar-refractivity contribution < 1.29 is 9.59 Å². The molecule has 1 fully saturated rings. The molecule has 0 bridgehead atoms. The second-order valence-electron chi connectivity index (χ2n) is 8.83. The smallest absolute Gasteiger partial charge is 0.269 e. The molecule has 3 aromatic rings. The van der Waals surface area contributed by atoms with Gasteiger partial charge in [-0.2, -0.15) is 5.10 Å². The molecule has 1 aliphatic heterocycles. The minimum absolute atomic E-state index is 0.0432. The molecule has 160 valence electrons. The highest BCUT2D eigenvalue weighted by Gasteiger charge is 2.47. The Morgan fingerprint density at radius 3 is 2.77 bits per heavy atom. The first-order valence-electron chi connectivity index (χ1n) is 10.7. The molecule has 1 saturated carbocycles. The van der Waals surface area contributed by atoms with Crippen molar-refractivity contribution in [3.63, 3.8) is 0 Å². The Kier molecular flexibility index (Phi) is 4.68. The molecule has 7 heteroatoms. The summed E-state index contributed by atoms with van der Waals surface area (Å²) in [6, 6.07) is 10.1. The number of aromatic amines is 1. The molecule has 1 N–H and O–H groups in total. The Bertz CT molecular complexity index is 1200. The van der Waals surface area contributed by atoms with Gasteiger partial charge < -0.3 is 14.8 Å². The van der Waals surface area contributed by atoms with Crippen molar-refractivity contribution in [3.8, 4) is 0 Å². The number of carbonyl (C=O) groups is 2. The van der Waals surface area contributed by atoms with Crippen LogP contribution in [0, 0.1) is 5.92 Å². The monoisotopic (exact) mass is 417 g/mol. The molecule has 0 unspecified atom stereocenters. The molecule has 7 nitrogen and oxygen atoms in total. The fourth-order valence-electron chi connectivity index (χ4n) is 4.48. The molecule has 1 aliphatic carbocycles. The predicted molar refractivity (Wildman–Crippen MR) is 120 cm³/mol. The largest absolute Gasteiger partial charge is 0.351 e. The van der Waals surface area contributed by atoms with Gasteiger partial charge in [0.25, 0.3) is 5.91 Å². The Hall–Kier alpha value is -3.35. The molecule has 2 amide bonds. The molecule has 0 spiro atoms. The van der Waals surface area contributed by atoms with Crippen LogP contribution in [0.2, 0.25) is 0 Å². The first-order chi connectivity index (χ1) is 14.9. The van der Waals surface area contributed by atoms with E-state index in [0.29, 0.717) is 12.2 Å². The lowest BCUT2D eigenvalue weighted by molar-refractivity contribution is -0.132. The molecule has 1 aromatic carbocycles. The van der Waals surface area contributed by atoms with Crippen molar-refractivity contribution in [2.75, 3.05) is 27.2 Å². The summed E-state index contributed by atoms with van der Waals surface area (Å²) in [5.74, 6) is 0.505. The number of H-pyrrole nitrogens is 1. The fourth-order valence-corrected chi connectivity index (χ4v) is 4.48. The van der Waals surface area contributed by atoms with E-state index < -0.39 is 0 Å². The van der Waals surface area contributed by atoms with E-state index in [1.807, 2.05) is 36.3 Å². The standard InChI is InChI=1S/C24H27N5O2/c1-27(2)24(31)22-12-16-7-6-15(11-21(16)25-22)17-5-4-9-29(14-17)23(30)19-13-18(19)20-8-10-28(3)26-20/h5-8,10-12,18-19,25H,4,9,13-14H2,1-3H3/t18-,19-/m1/s1. The molecule has 2 aliphatic rings. The summed E-state index contributed by atoms with van der Waals surface area (Å²) < 4.78 is 1.80. The zero-order chi connectivity index (χ0) is 21.7. The van der Waals surface area contributed by atoms with Crippen LogP contribution in [0.15, 0.2) is 42.6 Å². The molecule has 2 aromatic heterocycles. The van der Waals surface area contributed by atoms with E-state index in [9.17, 15) is 9.59 Å². The predicted octanol–water partition coefficient (Wildman–Crippen LogP) is 3.02. The lowest BCUT2D eigenvalue weighted by Gasteiger charge is -2.28. The highest BCUT2D eigenvalue weighted by molar-refractivity contribution is 5.98. The van der Waals surface area contributed by atoms with Crippen molar-refractivity contribution in [1.82, 2.24) is 24.6 Å². The van der Waals surface area contributed by atoms with E-state index >= 15 is 0 Å². The second kappa shape index (κ2) is 7.41. The summed E-state index contributed by atoms with van der Waals surface area (Å²) in [5, 5.41) is 5.48. The van der Waals surface area contributed by atoms with Gasteiger partial charge in [0.05, 0.1) is 5.69 Å². The van der Waals surface area contributed by atoms with Gasteiger partial charge in [0.2, 0.25) is 5.91 Å². The number of hydrogen-bond donors (Lipinski definition) is 1. The fraction of sp³-hybridized carbons (Fsp3) is 0.375. The second-order valence-corrected chi connectivity index (χ2v) is 8.83. The van der Waals surface area contributed by atoms with Gasteiger partial charge in [-0.3, -0.25) is 14.3 Å². The van der Waals surface area contributed by atoms with Crippen LogP contribution in [0.3, 0.4) is 0 Å². The van der Waals surface area contributed by atoms with Gasteiger partial charge >= 0.3 is 0 Å². The number of aromatic nitrogens is 3. The number of nitrogens with one attached hydrogen (secondary N) is 1. The van der Waals surface area contributed by atoms with Crippen LogP contribution in [0.1, 0.15) is 40.5 Å². The third kappa shape index (κ3) is 3.65. The van der Waals surface area contributed by atoms with E-state index in [4.69, 9.17) is 0 Å². The number of aryl methyl sites for hydroxylation is 1. The molecular weight excluding hydrogens is 390 g/mol. The number of carbonyl (C=O) groups excluding carboxylic acids is 2. The summed E-state index contributed by atoms with van der Waals surface area (Å²) in [7, 11) is 5.40. The van der Waals surface area contributed by atoms with E-state index in [0.717, 1.165) is 47.1 Å². The van der Waals surface area contributed by atoms with Gasteiger partial charge in [-0.1, -0.05) is 18.2 Å². The third-order valence-corrected chi connectivity index (χ3v) is 6.31. The quantitative estimate of drug-likeness (QED) is 0.709. The minimum atomic E-state index is -0.0432. The highest BCUT2D eigenvalue weighted by Crippen LogP contribution is 2.48. The first kappa shape index (κ1) is 19.6. The van der Waals surface area contributed by atoms with Gasteiger partial charge in [-0.05, 0) is 42.2 Å². The SMILES string of the molecule is CN(C)C(=O)c1cc2ccc(C3=CCCN(C(=O)[C@@H]4C[C@H]4c4ccn(C)n4)C3)cc2[nH]1. The van der Waals surface area contributed by atoms with Crippen LogP contribution in [0.25, 0.3) is 16.5 Å². The zero-order valence-electron chi connectivity index (χ0n) is 18.1. The van der Waals surface area contributed by atoms with Gasteiger partial charge in [-0.25, -0.2) is 0 Å². The molecule has 3 heterocycles. The number of amides is 2. The topological polar surface area (TPSA) is 74.2 Å². The van der Waals surface area contributed by atoms with Crippen LogP contribution in [-0.4, -0.2) is 63.6 Å². The molecule has 0 saturated heterocycles.